The Morgan fingerprint density at radius 2 is 1.75 bits per heavy atom. The third kappa shape index (κ3) is 3.05. The van der Waals surface area contributed by atoms with Crippen LogP contribution in [0.5, 0.6) is 5.75 Å². The summed E-state index contributed by atoms with van der Waals surface area (Å²) in [5.74, 6) is 7.62. The highest BCUT2D eigenvalue weighted by molar-refractivity contribution is 5.60. The van der Waals surface area contributed by atoms with Crippen molar-refractivity contribution >= 4 is 5.82 Å². The molecule has 0 saturated carbocycles. The van der Waals surface area contributed by atoms with E-state index >= 15 is 0 Å². The minimum Gasteiger partial charge on any atom is -0.491 e. The van der Waals surface area contributed by atoms with Gasteiger partial charge in [0, 0.05) is 16.8 Å². The molecule has 1 aromatic carbocycles. The molecule has 5 nitrogen and oxygen atoms in total. The summed E-state index contributed by atoms with van der Waals surface area (Å²) >= 11 is 0. The first kappa shape index (κ1) is 14.3. The summed E-state index contributed by atoms with van der Waals surface area (Å²) in [6, 6.07) is 7.73. The maximum atomic E-state index is 5.62. The highest BCUT2D eigenvalue weighted by atomic mass is 16.5. The Labute approximate surface area is 119 Å². The van der Waals surface area contributed by atoms with Crippen molar-refractivity contribution in [1.29, 1.82) is 0 Å². The molecular weight excluding hydrogens is 252 g/mol. The van der Waals surface area contributed by atoms with Crippen LogP contribution in [-0.2, 0) is 0 Å². The molecule has 0 aliphatic carbocycles. The topological polar surface area (TPSA) is 73.1 Å². The van der Waals surface area contributed by atoms with Crippen LogP contribution in [0.25, 0.3) is 11.4 Å². The highest BCUT2D eigenvalue weighted by Crippen LogP contribution is 2.23. The third-order valence-corrected chi connectivity index (χ3v) is 3.01. The van der Waals surface area contributed by atoms with Crippen LogP contribution in [0.15, 0.2) is 24.3 Å². The molecule has 0 unspecified atom stereocenters. The molecule has 0 spiro atoms. The molecule has 0 aliphatic rings. The summed E-state index contributed by atoms with van der Waals surface area (Å²) in [4.78, 5) is 8.92. The zero-order valence-corrected chi connectivity index (χ0v) is 12.3. The number of rotatable bonds is 4. The normalized spacial score (nSPS) is 10.7. The molecule has 0 bridgehead atoms. The Morgan fingerprint density at radius 3 is 2.30 bits per heavy atom. The van der Waals surface area contributed by atoms with E-state index in [0.29, 0.717) is 11.6 Å². The molecule has 2 rings (SSSR count). The van der Waals surface area contributed by atoms with E-state index in [1.54, 1.807) is 0 Å². The van der Waals surface area contributed by atoms with Gasteiger partial charge in [0.15, 0.2) is 5.82 Å². The number of aryl methyl sites for hydroxylation is 1. The van der Waals surface area contributed by atoms with Crippen molar-refractivity contribution in [3.05, 3.63) is 35.5 Å². The van der Waals surface area contributed by atoms with E-state index in [0.717, 1.165) is 22.6 Å². The molecule has 0 fully saturated rings. The maximum absolute atomic E-state index is 5.62. The van der Waals surface area contributed by atoms with Crippen molar-refractivity contribution in [3.63, 3.8) is 0 Å². The number of benzene rings is 1. The maximum Gasteiger partial charge on any atom is 0.161 e. The number of hydrazine groups is 1. The summed E-state index contributed by atoms with van der Waals surface area (Å²) in [7, 11) is 0. The lowest BCUT2D eigenvalue weighted by Gasteiger charge is -2.11. The Morgan fingerprint density at radius 1 is 1.10 bits per heavy atom. The van der Waals surface area contributed by atoms with Crippen LogP contribution in [-0.4, -0.2) is 16.1 Å². The van der Waals surface area contributed by atoms with Crippen LogP contribution in [0.1, 0.15) is 25.1 Å². The third-order valence-electron chi connectivity index (χ3n) is 3.01. The predicted molar refractivity (Wildman–Crippen MR) is 80.5 cm³/mol. The van der Waals surface area contributed by atoms with Gasteiger partial charge < -0.3 is 10.2 Å². The molecular formula is C15H20N4O. The quantitative estimate of drug-likeness (QED) is 0.661. The molecule has 1 heterocycles. The molecule has 0 amide bonds. The summed E-state index contributed by atoms with van der Waals surface area (Å²) in [5, 5.41) is 0. The van der Waals surface area contributed by atoms with Gasteiger partial charge in [0.05, 0.1) is 6.10 Å². The number of anilines is 1. The van der Waals surface area contributed by atoms with E-state index in [9.17, 15) is 0 Å². The summed E-state index contributed by atoms with van der Waals surface area (Å²) in [6.07, 6.45) is 0.159. The number of nitrogens with two attached hydrogens (primary N) is 1. The van der Waals surface area contributed by atoms with Crippen LogP contribution in [0.3, 0.4) is 0 Å². The zero-order valence-electron chi connectivity index (χ0n) is 12.3. The smallest absolute Gasteiger partial charge is 0.161 e. The van der Waals surface area contributed by atoms with E-state index < -0.39 is 0 Å². The molecule has 3 N–H and O–H groups in total. The second-order valence-corrected chi connectivity index (χ2v) is 4.94. The Balaban J connectivity index is 2.34. The van der Waals surface area contributed by atoms with E-state index in [1.807, 2.05) is 52.0 Å². The van der Waals surface area contributed by atoms with Crippen LogP contribution >= 0.6 is 0 Å². The number of nitrogens with zero attached hydrogens (tertiary/aromatic N) is 2. The molecule has 20 heavy (non-hydrogen) atoms. The molecule has 2 aromatic rings. The first-order valence-corrected chi connectivity index (χ1v) is 6.60. The van der Waals surface area contributed by atoms with E-state index in [1.165, 1.54) is 0 Å². The Kier molecular flexibility index (Phi) is 4.20. The number of hydrogen-bond acceptors (Lipinski definition) is 5. The average Bonchev–Trinajstić information content (AvgIpc) is 2.42. The molecule has 0 radical (unpaired) electrons. The first-order valence-electron chi connectivity index (χ1n) is 6.60. The predicted octanol–water partition coefficient (Wildman–Crippen LogP) is 2.83. The van der Waals surface area contributed by atoms with Crippen molar-refractivity contribution in [2.45, 2.75) is 33.8 Å². The largest absolute Gasteiger partial charge is 0.491 e. The number of ether oxygens (including phenoxy) is 1. The van der Waals surface area contributed by atoms with Gasteiger partial charge in [-0.05, 0) is 52.0 Å². The number of nitrogen functional groups attached to an aromatic ring is 1. The van der Waals surface area contributed by atoms with Gasteiger partial charge in [-0.1, -0.05) is 0 Å². The summed E-state index contributed by atoms with van der Waals surface area (Å²) in [6.45, 7) is 7.88. The van der Waals surface area contributed by atoms with E-state index in [-0.39, 0.29) is 6.10 Å². The second-order valence-electron chi connectivity index (χ2n) is 4.94. The van der Waals surface area contributed by atoms with Crippen LogP contribution in [0.2, 0.25) is 0 Å². The summed E-state index contributed by atoms with van der Waals surface area (Å²) in [5.41, 5.74) is 5.40. The van der Waals surface area contributed by atoms with E-state index in [2.05, 4.69) is 15.4 Å². The molecule has 0 atom stereocenters. The number of nitrogens with one attached hydrogen (secondary N) is 1. The van der Waals surface area contributed by atoms with Crippen LogP contribution in [0.4, 0.5) is 5.82 Å². The van der Waals surface area contributed by atoms with Gasteiger partial charge >= 0.3 is 0 Å². The molecule has 0 aliphatic heterocycles. The SMILES string of the molecule is Cc1nc(-c2ccc(OC(C)C)cc2)nc(NN)c1C. The number of hydrogen-bond donors (Lipinski definition) is 2. The van der Waals surface area contributed by atoms with Gasteiger partial charge in [0.25, 0.3) is 0 Å². The van der Waals surface area contributed by atoms with Crippen LogP contribution in [0, 0.1) is 13.8 Å². The molecule has 1 aromatic heterocycles. The minimum absolute atomic E-state index is 0.159. The van der Waals surface area contributed by atoms with Gasteiger partial charge in [-0.25, -0.2) is 15.8 Å². The van der Waals surface area contributed by atoms with Crippen molar-refractivity contribution in [2.24, 2.45) is 5.84 Å². The van der Waals surface area contributed by atoms with Crippen LogP contribution < -0.4 is 16.0 Å². The molecule has 5 heteroatoms. The lowest BCUT2D eigenvalue weighted by atomic mass is 10.2. The second kappa shape index (κ2) is 5.88. The molecule has 0 saturated heterocycles. The standard InChI is InChI=1S/C15H20N4O/c1-9(2)20-13-7-5-12(6-8-13)15-17-11(4)10(3)14(18-15)19-16/h5-9H,16H2,1-4H3,(H,17,18,19). The van der Waals surface area contributed by atoms with Gasteiger partial charge in [0.1, 0.15) is 11.6 Å². The summed E-state index contributed by atoms with van der Waals surface area (Å²) < 4.78 is 5.62. The van der Waals surface area contributed by atoms with Gasteiger partial charge in [-0.3, -0.25) is 0 Å². The minimum atomic E-state index is 0.159. The number of aromatic nitrogens is 2. The van der Waals surface area contributed by atoms with E-state index in [4.69, 9.17) is 10.6 Å². The van der Waals surface area contributed by atoms with Crippen molar-refractivity contribution in [3.8, 4) is 17.1 Å². The van der Waals surface area contributed by atoms with Crippen molar-refractivity contribution in [1.82, 2.24) is 9.97 Å². The fraction of sp³-hybridized carbons (Fsp3) is 0.333. The average molecular weight is 272 g/mol. The Bertz CT molecular complexity index is 594. The fourth-order valence-corrected chi connectivity index (χ4v) is 1.85. The first-order chi connectivity index (χ1) is 9.51. The zero-order chi connectivity index (χ0) is 14.7. The monoisotopic (exact) mass is 272 g/mol. The van der Waals surface area contributed by atoms with Gasteiger partial charge in [-0.15, -0.1) is 0 Å². The Hall–Kier alpha value is -2.14. The van der Waals surface area contributed by atoms with Gasteiger partial charge in [-0.2, -0.15) is 0 Å². The fourth-order valence-electron chi connectivity index (χ4n) is 1.85. The van der Waals surface area contributed by atoms with Gasteiger partial charge in [0.2, 0.25) is 0 Å². The highest BCUT2D eigenvalue weighted by Gasteiger charge is 2.09. The lowest BCUT2D eigenvalue weighted by molar-refractivity contribution is 0.242. The molecule has 106 valence electrons. The lowest BCUT2D eigenvalue weighted by Crippen LogP contribution is -2.12. The van der Waals surface area contributed by atoms with Crippen molar-refractivity contribution < 1.29 is 4.74 Å². The van der Waals surface area contributed by atoms with Crippen molar-refractivity contribution in [2.75, 3.05) is 5.43 Å².